The van der Waals surface area contributed by atoms with Gasteiger partial charge in [-0.2, -0.15) is 9.28 Å². The zero-order chi connectivity index (χ0) is 17.7. The lowest BCUT2D eigenvalue weighted by Crippen LogP contribution is -2.61. The minimum Gasteiger partial charge on any atom is -0.435 e. The third-order valence-corrected chi connectivity index (χ3v) is 5.76. The summed E-state index contributed by atoms with van der Waals surface area (Å²) >= 11 is 1.09. The molecule has 5 nitrogen and oxygen atoms in total. The standard InChI is InChI=1S/C18H23NO4S/c1-13-7-6-10-19(13,18(22)23)17(21)16(12-24-14(2)20)11-15-8-4-3-5-9-15/h3-5,8-9,13,16H,6-7,10-12H2,1-2H3/p+1/t13-,16?,19?/m1/s1. The van der Waals surface area contributed by atoms with Crippen LogP contribution in [0.1, 0.15) is 32.3 Å². The zero-order valence-electron chi connectivity index (χ0n) is 14.1. The number of amides is 2. The highest BCUT2D eigenvalue weighted by atomic mass is 32.2. The van der Waals surface area contributed by atoms with Crippen LogP contribution in [-0.2, 0) is 16.0 Å². The van der Waals surface area contributed by atoms with Crippen LogP contribution in [0.2, 0.25) is 0 Å². The summed E-state index contributed by atoms with van der Waals surface area (Å²) in [4.78, 5) is 36.5. The third kappa shape index (κ3) is 3.87. The fraction of sp³-hybridized carbons (Fsp3) is 0.500. The highest BCUT2D eigenvalue weighted by Gasteiger charge is 2.54. The van der Waals surface area contributed by atoms with E-state index in [9.17, 15) is 19.5 Å². The Morgan fingerprint density at radius 3 is 2.46 bits per heavy atom. The van der Waals surface area contributed by atoms with E-state index in [0.29, 0.717) is 18.7 Å². The van der Waals surface area contributed by atoms with Gasteiger partial charge in [0.2, 0.25) is 0 Å². The van der Waals surface area contributed by atoms with Crippen LogP contribution in [0, 0.1) is 5.92 Å². The highest BCUT2D eigenvalue weighted by molar-refractivity contribution is 8.13. The van der Waals surface area contributed by atoms with Gasteiger partial charge in [0.15, 0.2) is 5.12 Å². The highest BCUT2D eigenvalue weighted by Crippen LogP contribution is 2.32. The van der Waals surface area contributed by atoms with E-state index in [0.717, 1.165) is 30.2 Å². The largest absolute Gasteiger partial charge is 0.521 e. The van der Waals surface area contributed by atoms with Crippen LogP contribution in [-0.4, -0.2) is 45.0 Å². The monoisotopic (exact) mass is 350 g/mol. The molecule has 1 N–H and O–H groups in total. The molecule has 2 unspecified atom stereocenters. The summed E-state index contributed by atoms with van der Waals surface area (Å²) in [6, 6.07) is 9.33. The number of hydrogen-bond donors (Lipinski definition) is 1. The first-order chi connectivity index (χ1) is 11.4. The predicted molar refractivity (Wildman–Crippen MR) is 93.6 cm³/mol. The number of imide groups is 1. The van der Waals surface area contributed by atoms with E-state index in [1.807, 2.05) is 37.3 Å². The summed E-state index contributed by atoms with van der Waals surface area (Å²) in [5, 5.41) is 9.72. The summed E-state index contributed by atoms with van der Waals surface area (Å²) < 4.78 is -0.504. The van der Waals surface area contributed by atoms with Crippen molar-refractivity contribution in [2.24, 2.45) is 5.92 Å². The molecule has 2 rings (SSSR count). The van der Waals surface area contributed by atoms with Gasteiger partial charge < -0.3 is 5.11 Å². The Morgan fingerprint density at radius 1 is 1.29 bits per heavy atom. The molecule has 1 saturated heterocycles. The van der Waals surface area contributed by atoms with Crippen molar-refractivity contribution >= 4 is 28.9 Å². The Morgan fingerprint density at radius 2 is 1.96 bits per heavy atom. The molecule has 1 heterocycles. The van der Waals surface area contributed by atoms with Gasteiger partial charge in [0.25, 0.3) is 0 Å². The van der Waals surface area contributed by atoms with Crippen LogP contribution >= 0.6 is 11.8 Å². The number of carbonyl (C=O) groups excluding carboxylic acids is 2. The van der Waals surface area contributed by atoms with Crippen molar-refractivity contribution < 1.29 is 24.0 Å². The quantitative estimate of drug-likeness (QED) is 0.825. The van der Waals surface area contributed by atoms with Crippen LogP contribution < -0.4 is 0 Å². The van der Waals surface area contributed by atoms with E-state index in [2.05, 4.69) is 0 Å². The third-order valence-electron chi connectivity index (χ3n) is 4.78. The molecular weight excluding hydrogens is 326 g/mol. The van der Waals surface area contributed by atoms with E-state index in [1.165, 1.54) is 6.92 Å². The Balaban J connectivity index is 2.28. The van der Waals surface area contributed by atoms with Gasteiger partial charge in [-0.3, -0.25) is 4.79 Å². The van der Waals surface area contributed by atoms with Crippen molar-refractivity contribution in [3.63, 3.8) is 0 Å². The normalized spacial score (nSPS) is 24.5. The van der Waals surface area contributed by atoms with Crippen LogP contribution in [0.5, 0.6) is 0 Å². The molecule has 0 radical (unpaired) electrons. The van der Waals surface area contributed by atoms with Crippen molar-refractivity contribution in [1.82, 2.24) is 0 Å². The molecular formula is C18H24NO4S+. The Labute approximate surface area is 146 Å². The first-order valence-electron chi connectivity index (χ1n) is 8.21. The van der Waals surface area contributed by atoms with Crippen LogP contribution in [0.4, 0.5) is 4.79 Å². The molecule has 1 fully saturated rings. The molecule has 1 aromatic carbocycles. The van der Waals surface area contributed by atoms with Gasteiger partial charge in [0.05, 0.1) is 12.5 Å². The molecule has 0 bridgehead atoms. The lowest BCUT2D eigenvalue weighted by molar-refractivity contribution is -0.794. The lowest BCUT2D eigenvalue weighted by Gasteiger charge is -2.32. The maximum atomic E-state index is 13.2. The number of nitrogens with zero attached hydrogens (tertiary/aromatic N) is 1. The number of carboxylic acid groups (broad SMARTS) is 1. The van der Waals surface area contributed by atoms with E-state index in [4.69, 9.17) is 0 Å². The average Bonchev–Trinajstić information content (AvgIpc) is 2.94. The molecule has 24 heavy (non-hydrogen) atoms. The second kappa shape index (κ2) is 7.94. The summed E-state index contributed by atoms with van der Waals surface area (Å²) in [5.74, 6) is -0.439. The molecule has 2 amide bonds. The lowest BCUT2D eigenvalue weighted by atomic mass is 9.98. The van der Waals surface area contributed by atoms with Crippen LogP contribution in [0.3, 0.4) is 0 Å². The van der Waals surface area contributed by atoms with E-state index >= 15 is 0 Å². The first-order valence-corrected chi connectivity index (χ1v) is 9.19. The maximum absolute atomic E-state index is 13.2. The molecule has 3 atom stereocenters. The van der Waals surface area contributed by atoms with Gasteiger partial charge >= 0.3 is 12.0 Å². The first kappa shape index (κ1) is 18.7. The molecule has 1 aliphatic heterocycles. The number of hydrogen-bond acceptors (Lipinski definition) is 4. The van der Waals surface area contributed by atoms with Crippen LogP contribution in [0.25, 0.3) is 0 Å². The van der Waals surface area contributed by atoms with Gasteiger partial charge in [-0.05, 0) is 18.9 Å². The molecule has 1 aliphatic rings. The predicted octanol–water partition coefficient (Wildman–Crippen LogP) is 3.33. The SMILES string of the molecule is CC(=O)SCC(Cc1ccccc1)C(=O)[N+]1(C(=O)O)CCC[C@H]1C. The number of likely N-dealkylation sites (tertiary alicyclic amines) is 1. The van der Waals surface area contributed by atoms with Gasteiger partial charge in [-0.1, -0.05) is 42.1 Å². The van der Waals surface area contributed by atoms with Gasteiger partial charge in [0.1, 0.15) is 6.04 Å². The van der Waals surface area contributed by atoms with Crippen molar-refractivity contribution in [3.05, 3.63) is 35.9 Å². The molecule has 0 aromatic heterocycles. The maximum Gasteiger partial charge on any atom is 0.521 e. The topological polar surface area (TPSA) is 71.4 Å². The Bertz CT molecular complexity index is 619. The van der Waals surface area contributed by atoms with E-state index < -0.39 is 16.5 Å². The molecule has 0 saturated carbocycles. The molecule has 1 aromatic rings. The second-order valence-electron chi connectivity index (χ2n) is 6.39. The van der Waals surface area contributed by atoms with Gasteiger partial charge in [0, 0.05) is 25.5 Å². The average molecular weight is 350 g/mol. The Hall–Kier alpha value is -1.66. The van der Waals surface area contributed by atoms with Gasteiger partial charge in [-0.15, -0.1) is 0 Å². The molecule has 0 aliphatic carbocycles. The van der Waals surface area contributed by atoms with Crippen molar-refractivity contribution in [2.75, 3.05) is 12.3 Å². The van der Waals surface area contributed by atoms with Gasteiger partial charge in [-0.25, -0.2) is 4.79 Å². The second-order valence-corrected chi connectivity index (χ2v) is 7.59. The Kier molecular flexibility index (Phi) is 6.18. The zero-order valence-corrected chi connectivity index (χ0v) is 14.9. The number of benzene rings is 1. The molecule has 6 heteroatoms. The van der Waals surface area contributed by atoms with Crippen molar-refractivity contribution in [1.29, 1.82) is 0 Å². The fourth-order valence-electron chi connectivity index (χ4n) is 3.44. The summed E-state index contributed by atoms with van der Waals surface area (Å²) in [5.41, 5.74) is 0.982. The van der Waals surface area contributed by atoms with E-state index in [1.54, 1.807) is 0 Å². The summed E-state index contributed by atoms with van der Waals surface area (Å²) in [6.45, 7) is 3.64. The molecule has 0 spiro atoms. The minimum absolute atomic E-state index is 0.0581. The van der Waals surface area contributed by atoms with E-state index in [-0.39, 0.29) is 17.1 Å². The fourth-order valence-corrected chi connectivity index (χ4v) is 4.14. The van der Waals surface area contributed by atoms with Crippen molar-refractivity contribution in [3.8, 4) is 0 Å². The van der Waals surface area contributed by atoms with Crippen molar-refractivity contribution in [2.45, 2.75) is 39.2 Å². The summed E-state index contributed by atoms with van der Waals surface area (Å²) in [7, 11) is 0. The number of rotatable bonds is 5. The number of thioether (sulfide) groups is 1. The van der Waals surface area contributed by atoms with Crippen LogP contribution in [0.15, 0.2) is 30.3 Å². The minimum atomic E-state index is -1.07. The molecule has 130 valence electrons. The summed E-state index contributed by atoms with van der Waals surface area (Å²) in [6.07, 6.45) is 0.850. The number of carbonyl (C=O) groups is 3. The smallest absolute Gasteiger partial charge is 0.435 e. The number of quaternary nitrogens is 1.